The van der Waals surface area contributed by atoms with Crippen molar-refractivity contribution in [3.05, 3.63) is 29.6 Å². The standard InChI is InChI=1S/C15H19FN2O3/c16-13-10-11(6-7-12(13)14(19)20)17-15(21)18-8-4-2-1-3-5-9-18/h6-7,10H,1-5,8-9H2,(H,17,21)(H,19,20). The monoisotopic (exact) mass is 294 g/mol. The van der Waals surface area contributed by atoms with Gasteiger partial charge >= 0.3 is 12.0 Å². The molecule has 5 nitrogen and oxygen atoms in total. The summed E-state index contributed by atoms with van der Waals surface area (Å²) in [6.07, 6.45) is 5.38. The van der Waals surface area contributed by atoms with Crippen molar-refractivity contribution in [1.82, 2.24) is 4.90 Å². The predicted molar refractivity (Wildman–Crippen MR) is 77.0 cm³/mol. The average Bonchev–Trinajstić information content (AvgIpc) is 2.37. The second kappa shape index (κ2) is 7.06. The van der Waals surface area contributed by atoms with Gasteiger partial charge in [-0.15, -0.1) is 0 Å². The molecule has 21 heavy (non-hydrogen) atoms. The topological polar surface area (TPSA) is 69.6 Å². The fourth-order valence-corrected chi connectivity index (χ4v) is 2.42. The number of benzene rings is 1. The van der Waals surface area contributed by atoms with E-state index in [2.05, 4.69) is 5.32 Å². The first kappa shape index (κ1) is 15.3. The molecule has 2 N–H and O–H groups in total. The van der Waals surface area contributed by atoms with Crippen molar-refractivity contribution in [1.29, 1.82) is 0 Å². The Morgan fingerprint density at radius 3 is 2.29 bits per heavy atom. The van der Waals surface area contributed by atoms with Crippen LogP contribution in [0.3, 0.4) is 0 Å². The van der Waals surface area contributed by atoms with Crippen molar-refractivity contribution < 1.29 is 19.1 Å². The Labute approximate surface area is 122 Å². The number of carboxylic acids is 1. The molecule has 0 aromatic heterocycles. The summed E-state index contributed by atoms with van der Waals surface area (Å²) in [6, 6.07) is 3.32. The summed E-state index contributed by atoms with van der Waals surface area (Å²) < 4.78 is 13.6. The third kappa shape index (κ3) is 4.18. The number of carboxylic acid groups (broad SMARTS) is 1. The number of hydrogen-bond acceptors (Lipinski definition) is 2. The van der Waals surface area contributed by atoms with Crippen LogP contribution in [0.25, 0.3) is 0 Å². The summed E-state index contributed by atoms with van der Waals surface area (Å²) in [5.41, 5.74) is -0.135. The second-order valence-corrected chi connectivity index (χ2v) is 5.18. The number of halogens is 1. The van der Waals surface area contributed by atoms with Crippen molar-refractivity contribution >= 4 is 17.7 Å². The average molecular weight is 294 g/mol. The molecule has 2 rings (SSSR count). The molecule has 1 aromatic carbocycles. The van der Waals surface area contributed by atoms with Crippen LogP contribution in [0.1, 0.15) is 42.5 Å². The highest BCUT2D eigenvalue weighted by molar-refractivity contribution is 5.91. The molecule has 1 heterocycles. The van der Waals surface area contributed by atoms with Crippen LogP contribution >= 0.6 is 0 Å². The quantitative estimate of drug-likeness (QED) is 0.879. The molecule has 1 fully saturated rings. The lowest BCUT2D eigenvalue weighted by Gasteiger charge is -2.25. The maximum Gasteiger partial charge on any atom is 0.338 e. The first-order valence-corrected chi connectivity index (χ1v) is 7.16. The van der Waals surface area contributed by atoms with Crippen LogP contribution in [0.15, 0.2) is 18.2 Å². The van der Waals surface area contributed by atoms with Gasteiger partial charge in [0.2, 0.25) is 0 Å². The van der Waals surface area contributed by atoms with Crippen molar-refractivity contribution in [2.45, 2.75) is 32.1 Å². The Hall–Kier alpha value is -2.11. The van der Waals surface area contributed by atoms with Gasteiger partial charge in [0.1, 0.15) is 5.82 Å². The molecule has 0 atom stereocenters. The van der Waals surface area contributed by atoms with Gasteiger partial charge in [-0.1, -0.05) is 19.3 Å². The molecule has 1 saturated heterocycles. The smallest absolute Gasteiger partial charge is 0.338 e. The van der Waals surface area contributed by atoms with E-state index in [0.717, 1.165) is 37.8 Å². The van der Waals surface area contributed by atoms with E-state index in [4.69, 9.17) is 5.11 Å². The number of rotatable bonds is 2. The number of anilines is 1. The van der Waals surface area contributed by atoms with Crippen LogP contribution in [-0.4, -0.2) is 35.1 Å². The van der Waals surface area contributed by atoms with Gasteiger partial charge in [0, 0.05) is 18.8 Å². The van der Waals surface area contributed by atoms with E-state index in [1.165, 1.54) is 12.5 Å². The molecule has 6 heteroatoms. The van der Waals surface area contributed by atoms with Gasteiger partial charge < -0.3 is 15.3 Å². The molecule has 0 radical (unpaired) electrons. The molecule has 0 aliphatic carbocycles. The second-order valence-electron chi connectivity index (χ2n) is 5.18. The number of aromatic carboxylic acids is 1. The van der Waals surface area contributed by atoms with E-state index in [9.17, 15) is 14.0 Å². The molecule has 1 aromatic rings. The van der Waals surface area contributed by atoms with Crippen molar-refractivity contribution in [2.75, 3.05) is 18.4 Å². The molecule has 1 aliphatic heterocycles. The van der Waals surface area contributed by atoms with Crippen LogP contribution in [0.4, 0.5) is 14.9 Å². The zero-order valence-electron chi connectivity index (χ0n) is 11.8. The van der Waals surface area contributed by atoms with Gasteiger partial charge in [-0.2, -0.15) is 0 Å². The van der Waals surface area contributed by atoms with Gasteiger partial charge in [-0.3, -0.25) is 0 Å². The van der Waals surface area contributed by atoms with Crippen LogP contribution in [0.2, 0.25) is 0 Å². The van der Waals surface area contributed by atoms with E-state index in [0.29, 0.717) is 13.1 Å². The molecule has 0 spiro atoms. The van der Waals surface area contributed by atoms with E-state index < -0.39 is 17.3 Å². The maximum atomic E-state index is 13.6. The van der Waals surface area contributed by atoms with Crippen LogP contribution in [0, 0.1) is 5.82 Å². The Morgan fingerprint density at radius 1 is 1.10 bits per heavy atom. The fraction of sp³-hybridized carbons (Fsp3) is 0.467. The van der Waals surface area contributed by atoms with E-state index in [1.807, 2.05) is 0 Å². The minimum atomic E-state index is -1.32. The van der Waals surface area contributed by atoms with Gasteiger partial charge in [0.25, 0.3) is 0 Å². The maximum absolute atomic E-state index is 13.6. The summed E-state index contributed by atoms with van der Waals surface area (Å²) in [5, 5.41) is 11.4. The third-order valence-electron chi connectivity index (χ3n) is 3.59. The van der Waals surface area contributed by atoms with E-state index in [1.54, 1.807) is 4.90 Å². The van der Waals surface area contributed by atoms with Crippen LogP contribution in [-0.2, 0) is 0 Å². The van der Waals surface area contributed by atoms with Crippen LogP contribution < -0.4 is 5.32 Å². The lowest BCUT2D eigenvalue weighted by atomic mass is 10.1. The Morgan fingerprint density at radius 2 is 1.71 bits per heavy atom. The lowest BCUT2D eigenvalue weighted by molar-refractivity contribution is 0.0692. The minimum absolute atomic E-state index is 0.264. The van der Waals surface area contributed by atoms with Crippen LogP contribution in [0.5, 0.6) is 0 Å². The van der Waals surface area contributed by atoms with E-state index >= 15 is 0 Å². The highest BCUT2D eigenvalue weighted by Gasteiger charge is 2.16. The number of carbonyl (C=O) groups excluding carboxylic acids is 1. The summed E-state index contributed by atoms with van der Waals surface area (Å²) in [5.74, 6) is -2.18. The number of nitrogens with one attached hydrogen (secondary N) is 1. The number of likely N-dealkylation sites (tertiary alicyclic amines) is 1. The largest absolute Gasteiger partial charge is 0.478 e. The highest BCUT2D eigenvalue weighted by atomic mass is 19.1. The third-order valence-corrected chi connectivity index (χ3v) is 3.59. The van der Waals surface area contributed by atoms with E-state index in [-0.39, 0.29) is 11.7 Å². The number of urea groups is 1. The molecule has 0 bridgehead atoms. The summed E-state index contributed by atoms with van der Waals surface area (Å²) in [7, 11) is 0. The Balaban J connectivity index is 2.01. The first-order chi connectivity index (χ1) is 10.1. The van der Waals surface area contributed by atoms with Gasteiger partial charge in [0.05, 0.1) is 5.56 Å². The highest BCUT2D eigenvalue weighted by Crippen LogP contribution is 2.16. The predicted octanol–water partition coefficient (Wildman–Crippen LogP) is 3.32. The molecule has 114 valence electrons. The first-order valence-electron chi connectivity index (χ1n) is 7.16. The van der Waals surface area contributed by atoms with Gasteiger partial charge in [-0.25, -0.2) is 14.0 Å². The Kier molecular flexibility index (Phi) is 5.14. The number of carbonyl (C=O) groups is 2. The lowest BCUT2D eigenvalue weighted by Crippen LogP contribution is -2.37. The fourth-order valence-electron chi connectivity index (χ4n) is 2.42. The van der Waals surface area contributed by atoms with Crippen molar-refractivity contribution in [3.8, 4) is 0 Å². The number of amides is 2. The molecular formula is C15H19FN2O3. The van der Waals surface area contributed by atoms with Gasteiger partial charge in [0.15, 0.2) is 0 Å². The summed E-state index contributed by atoms with van der Waals surface area (Å²) in [6.45, 7) is 1.39. The zero-order valence-corrected chi connectivity index (χ0v) is 11.8. The molecule has 2 amide bonds. The molecular weight excluding hydrogens is 275 g/mol. The normalized spacial score (nSPS) is 16.0. The summed E-state index contributed by atoms with van der Waals surface area (Å²) >= 11 is 0. The van der Waals surface area contributed by atoms with Crippen molar-refractivity contribution in [2.24, 2.45) is 0 Å². The Bertz CT molecular complexity index is 526. The minimum Gasteiger partial charge on any atom is -0.478 e. The molecule has 0 saturated carbocycles. The SMILES string of the molecule is O=C(O)c1ccc(NC(=O)N2CCCCCCC2)cc1F. The number of nitrogens with zero attached hydrogens (tertiary/aromatic N) is 1. The number of hydrogen-bond donors (Lipinski definition) is 2. The molecule has 0 unspecified atom stereocenters. The zero-order chi connectivity index (χ0) is 15.2. The summed E-state index contributed by atoms with van der Waals surface area (Å²) in [4.78, 5) is 24.6. The van der Waals surface area contributed by atoms with Gasteiger partial charge in [-0.05, 0) is 31.0 Å². The van der Waals surface area contributed by atoms with Crippen molar-refractivity contribution in [3.63, 3.8) is 0 Å². The molecule has 1 aliphatic rings.